The molecule has 0 saturated heterocycles. The number of hydrogen-bond donors (Lipinski definition) is 2. The molecule has 0 heterocycles. The van der Waals surface area contributed by atoms with Crippen LogP contribution in [-0.4, -0.2) is 24.4 Å². The molecule has 0 aromatic heterocycles. The molecule has 1 aromatic rings. The summed E-state index contributed by atoms with van der Waals surface area (Å²) >= 11 is 5.69. The van der Waals surface area contributed by atoms with Gasteiger partial charge in [-0.25, -0.2) is 0 Å². The lowest BCUT2D eigenvalue weighted by atomic mass is 10.1. The fraction of sp³-hybridized carbons (Fsp3) is 0.467. The second-order valence-electron chi connectivity index (χ2n) is 4.96. The number of alkyl halides is 1. The van der Waals surface area contributed by atoms with E-state index < -0.39 is 0 Å². The van der Waals surface area contributed by atoms with Crippen LogP contribution >= 0.6 is 11.6 Å². The van der Waals surface area contributed by atoms with Gasteiger partial charge in [-0.2, -0.15) is 0 Å². The zero-order chi connectivity index (χ0) is 17.1. The van der Waals surface area contributed by atoms with Gasteiger partial charge in [-0.15, -0.1) is 11.6 Å². The number of nitrogens with zero attached hydrogens (tertiary/aromatic N) is 3. The molecule has 1 unspecified atom stereocenters. The Morgan fingerprint density at radius 1 is 1.30 bits per heavy atom. The summed E-state index contributed by atoms with van der Waals surface area (Å²) in [6, 6.07) is 6.95. The van der Waals surface area contributed by atoms with Gasteiger partial charge < -0.3 is 10.6 Å². The standard InChI is InChI=1S/C15H20ClN5O2/c1-2-12(20-21-17)7-8-14(22)18-10-15(23)19-13-5-3-11(9-16)4-6-13/h3-6,12H,2,7-10H2,1H3,(H,18,22)(H,19,23). The lowest BCUT2D eigenvalue weighted by Gasteiger charge is -2.09. The molecule has 7 nitrogen and oxygen atoms in total. The number of benzene rings is 1. The van der Waals surface area contributed by atoms with Crippen molar-refractivity contribution in [3.8, 4) is 0 Å². The van der Waals surface area contributed by atoms with Crippen LogP contribution in [-0.2, 0) is 15.5 Å². The molecule has 1 aromatic carbocycles. The van der Waals surface area contributed by atoms with Gasteiger partial charge in [-0.1, -0.05) is 24.2 Å². The van der Waals surface area contributed by atoms with Crippen LogP contribution in [0.4, 0.5) is 5.69 Å². The minimum atomic E-state index is -0.306. The maximum absolute atomic E-state index is 11.7. The molecule has 0 aliphatic rings. The van der Waals surface area contributed by atoms with Crippen LogP contribution in [0.3, 0.4) is 0 Å². The third kappa shape index (κ3) is 7.54. The van der Waals surface area contributed by atoms with Crippen LogP contribution < -0.4 is 10.6 Å². The molecule has 2 amide bonds. The van der Waals surface area contributed by atoms with E-state index in [4.69, 9.17) is 17.1 Å². The van der Waals surface area contributed by atoms with Crippen molar-refractivity contribution in [1.82, 2.24) is 5.32 Å². The van der Waals surface area contributed by atoms with Crippen LogP contribution in [0.2, 0.25) is 0 Å². The third-order valence-corrected chi connectivity index (χ3v) is 3.54. The normalized spacial score (nSPS) is 11.2. The van der Waals surface area contributed by atoms with Crippen molar-refractivity contribution >= 4 is 29.1 Å². The van der Waals surface area contributed by atoms with Crippen molar-refractivity contribution in [1.29, 1.82) is 0 Å². The number of carbonyl (C=O) groups is 2. The molecule has 0 aliphatic heterocycles. The van der Waals surface area contributed by atoms with Crippen LogP contribution in [0.1, 0.15) is 31.7 Å². The van der Waals surface area contributed by atoms with Gasteiger partial charge in [0.25, 0.3) is 0 Å². The molecule has 0 bridgehead atoms. The minimum absolute atomic E-state index is 0.103. The topological polar surface area (TPSA) is 107 Å². The van der Waals surface area contributed by atoms with E-state index in [1.54, 1.807) is 12.1 Å². The van der Waals surface area contributed by atoms with Crippen molar-refractivity contribution in [2.75, 3.05) is 11.9 Å². The Labute approximate surface area is 140 Å². The van der Waals surface area contributed by atoms with E-state index in [0.717, 1.165) is 5.56 Å². The highest BCUT2D eigenvalue weighted by molar-refractivity contribution is 6.17. The maximum atomic E-state index is 11.7. The summed E-state index contributed by atoms with van der Waals surface area (Å²) in [6.45, 7) is 1.79. The van der Waals surface area contributed by atoms with E-state index in [1.165, 1.54) is 0 Å². The first kappa shape index (κ1) is 18.8. The predicted octanol–water partition coefficient (Wildman–Crippen LogP) is 3.35. The Hall–Kier alpha value is -2.24. The van der Waals surface area contributed by atoms with Gasteiger partial charge in [0.15, 0.2) is 0 Å². The summed E-state index contributed by atoms with van der Waals surface area (Å²) in [6.07, 6.45) is 1.36. The Bertz CT molecular complexity index is 570. The molecule has 8 heteroatoms. The van der Waals surface area contributed by atoms with Gasteiger partial charge in [0.2, 0.25) is 11.8 Å². The summed E-state index contributed by atoms with van der Waals surface area (Å²) in [7, 11) is 0. The maximum Gasteiger partial charge on any atom is 0.243 e. The molecule has 0 fully saturated rings. The third-order valence-electron chi connectivity index (χ3n) is 3.23. The van der Waals surface area contributed by atoms with Crippen LogP contribution in [0, 0.1) is 0 Å². The zero-order valence-corrected chi connectivity index (χ0v) is 13.7. The molecule has 0 spiro atoms. The van der Waals surface area contributed by atoms with Crippen LogP contribution in [0.15, 0.2) is 29.4 Å². The number of azide groups is 1. The van der Waals surface area contributed by atoms with E-state index >= 15 is 0 Å². The molecule has 2 N–H and O–H groups in total. The first-order chi connectivity index (χ1) is 11.1. The molecule has 1 rings (SSSR count). The van der Waals surface area contributed by atoms with E-state index in [2.05, 4.69) is 20.7 Å². The van der Waals surface area contributed by atoms with E-state index in [1.807, 2.05) is 19.1 Å². The monoisotopic (exact) mass is 337 g/mol. The average Bonchev–Trinajstić information content (AvgIpc) is 2.57. The van der Waals surface area contributed by atoms with Gasteiger partial charge in [0, 0.05) is 28.9 Å². The fourth-order valence-corrected chi connectivity index (χ4v) is 2.04. The second-order valence-corrected chi connectivity index (χ2v) is 5.23. The van der Waals surface area contributed by atoms with Gasteiger partial charge in [0.05, 0.1) is 6.54 Å². The minimum Gasteiger partial charge on any atom is -0.347 e. The SMILES string of the molecule is CCC(CCC(=O)NCC(=O)Nc1ccc(CCl)cc1)N=[N+]=[N-]. The van der Waals surface area contributed by atoms with Crippen molar-refractivity contribution in [3.05, 3.63) is 40.3 Å². The highest BCUT2D eigenvalue weighted by Gasteiger charge is 2.09. The van der Waals surface area contributed by atoms with Crippen LogP contribution in [0.5, 0.6) is 0 Å². The highest BCUT2D eigenvalue weighted by atomic mass is 35.5. The number of halogens is 1. The number of amides is 2. The van der Waals surface area contributed by atoms with E-state index in [9.17, 15) is 9.59 Å². The molecule has 0 aliphatic carbocycles. The highest BCUT2D eigenvalue weighted by Crippen LogP contribution is 2.11. The van der Waals surface area contributed by atoms with Crippen molar-refractivity contribution in [2.24, 2.45) is 5.11 Å². The zero-order valence-electron chi connectivity index (χ0n) is 13.0. The van der Waals surface area contributed by atoms with Crippen molar-refractivity contribution in [3.63, 3.8) is 0 Å². The predicted molar refractivity (Wildman–Crippen MR) is 90.1 cm³/mol. The molecule has 0 saturated carbocycles. The average molecular weight is 338 g/mol. The Morgan fingerprint density at radius 3 is 2.57 bits per heavy atom. The molecular weight excluding hydrogens is 318 g/mol. The molecule has 23 heavy (non-hydrogen) atoms. The number of anilines is 1. The van der Waals surface area contributed by atoms with Gasteiger partial charge in [-0.05, 0) is 36.1 Å². The lowest BCUT2D eigenvalue weighted by molar-refractivity contribution is -0.124. The number of nitrogens with one attached hydrogen (secondary N) is 2. The lowest BCUT2D eigenvalue weighted by Crippen LogP contribution is -2.33. The van der Waals surface area contributed by atoms with Crippen molar-refractivity contribution in [2.45, 2.75) is 38.1 Å². The first-order valence-corrected chi connectivity index (χ1v) is 7.88. The second kappa shape index (κ2) is 10.5. The van der Waals surface area contributed by atoms with E-state index in [-0.39, 0.29) is 30.8 Å². The summed E-state index contributed by atoms with van der Waals surface area (Å²) < 4.78 is 0. The van der Waals surface area contributed by atoms with E-state index in [0.29, 0.717) is 24.4 Å². The van der Waals surface area contributed by atoms with Gasteiger partial charge in [0.1, 0.15) is 0 Å². The van der Waals surface area contributed by atoms with Gasteiger partial charge >= 0.3 is 0 Å². The number of hydrogen-bond acceptors (Lipinski definition) is 3. The van der Waals surface area contributed by atoms with Crippen LogP contribution in [0.25, 0.3) is 10.4 Å². The molecule has 0 radical (unpaired) electrons. The number of rotatable bonds is 9. The summed E-state index contributed by atoms with van der Waals surface area (Å²) in [5.41, 5.74) is 9.99. The quantitative estimate of drug-likeness (QED) is 0.312. The Morgan fingerprint density at radius 2 is 2.00 bits per heavy atom. The Kier molecular flexibility index (Phi) is 8.57. The van der Waals surface area contributed by atoms with Crippen molar-refractivity contribution < 1.29 is 9.59 Å². The first-order valence-electron chi connectivity index (χ1n) is 7.34. The summed E-state index contributed by atoms with van der Waals surface area (Å²) in [5, 5.41) is 8.81. The largest absolute Gasteiger partial charge is 0.347 e. The number of carbonyl (C=O) groups excluding carboxylic acids is 2. The summed E-state index contributed by atoms with van der Waals surface area (Å²) in [5.74, 6) is -0.137. The smallest absolute Gasteiger partial charge is 0.243 e. The molecule has 1 atom stereocenters. The molecular formula is C15H20ClN5O2. The van der Waals surface area contributed by atoms with Gasteiger partial charge in [-0.3, -0.25) is 9.59 Å². The fourth-order valence-electron chi connectivity index (χ4n) is 1.86. The molecule has 124 valence electrons. The Balaban J connectivity index is 2.31. The summed E-state index contributed by atoms with van der Waals surface area (Å²) in [4.78, 5) is 26.2.